The first kappa shape index (κ1) is 23.1. The van der Waals surface area contributed by atoms with E-state index in [1.807, 2.05) is 24.3 Å². The van der Waals surface area contributed by atoms with Crippen molar-refractivity contribution < 1.29 is 0 Å². The minimum Gasteiger partial charge on any atom is -0.545 e. The van der Waals surface area contributed by atoms with Gasteiger partial charge in [-0.2, -0.15) is 72.5 Å². The number of rotatable bonds is 2. The van der Waals surface area contributed by atoms with Crippen LogP contribution < -0.4 is 5.32 Å². The number of anilines is 1. The Morgan fingerprint density at radius 2 is 1.50 bits per heavy atom. The van der Waals surface area contributed by atoms with Crippen LogP contribution in [0.15, 0.2) is 30.8 Å². The third kappa shape index (κ3) is 29.8. The molecule has 1 aromatic carbocycles. The molecule has 0 saturated heterocycles. The van der Waals surface area contributed by atoms with Crippen molar-refractivity contribution in [3.63, 3.8) is 0 Å². The molecule has 1 nitrogen and oxygen atoms in total. The molecule has 0 fully saturated rings. The maximum Gasteiger partial charge on any atom is 2.00 e. The fraction of sp³-hybridized carbons (Fsp3) is 0.375. The van der Waals surface area contributed by atoms with Crippen molar-refractivity contribution in [3.8, 4) is 0 Å². The SMILES string of the molecule is C=[C-]Nc1[c-]cccc1.C[C-](C)C.C[C-](C)C.[Ca+2]. The second-order valence-electron chi connectivity index (χ2n) is 4.58. The molecule has 18 heavy (non-hydrogen) atoms. The smallest absolute Gasteiger partial charge is 0.545 e. The van der Waals surface area contributed by atoms with Crippen LogP contribution in [0, 0.1) is 24.1 Å². The number of hydrogen-bond acceptors (Lipinski definition) is 1. The largest absolute Gasteiger partial charge is 2.00 e. The monoisotopic (exact) mass is 271 g/mol. The topological polar surface area (TPSA) is 12.0 Å². The molecule has 0 heterocycles. The fourth-order valence-electron chi connectivity index (χ4n) is 0.566. The van der Waals surface area contributed by atoms with Gasteiger partial charge in [-0.1, -0.05) is 0 Å². The normalized spacial score (nSPS) is 8.22. The summed E-state index contributed by atoms with van der Waals surface area (Å²) in [4.78, 5) is 0. The van der Waals surface area contributed by atoms with Crippen molar-refractivity contribution in [2.24, 2.45) is 0 Å². The van der Waals surface area contributed by atoms with Crippen LogP contribution in [0.5, 0.6) is 0 Å². The van der Waals surface area contributed by atoms with E-state index in [-0.39, 0.29) is 37.7 Å². The van der Waals surface area contributed by atoms with Crippen molar-refractivity contribution in [1.82, 2.24) is 0 Å². The van der Waals surface area contributed by atoms with E-state index in [0.29, 0.717) is 0 Å². The minimum atomic E-state index is 0. The van der Waals surface area contributed by atoms with Gasteiger partial charge in [-0.3, -0.25) is 6.07 Å². The zero-order valence-corrected chi connectivity index (χ0v) is 14.9. The standard InChI is InChI=1S/C8H7N.2C4H9.Ca/c1-2-9-8-6-4-3-5-7-8;2*1-4(2)3;/h3-6,9H,1H2;2*1-3H3;/q-2;2*-1;+2. The molecule has 98 valence electrons. The number of hydrogen-bond donors (Lipinski definition) is 1. The van der Waals surface area contributed by atoms with E-state index in [9.17, 15) is 0 Å². The van der Waals surface area contributed by atoms with E-state index in [1.54, 1.807) is 0 Å². The first-order valence-corrected chi connectivity index (χ1v) is 5.68. The second-order valence-corrected chi connectivity index (χ2v) is 4.58. The summed E-state index contributed by atoms with van der Waals surface area (Å²) in [6, 6.07) is 10.5. The molecule has 0 spiro atoms. The molecule has 0 unspecified atom stereocenters. The third-order valence-electron chi connectivity index (χ3n) is 0.932. The summed E-state index contributed by atoms with van der Waals surface area (Å²) in [6.45, 7) is 15.9. The summed E-state index contributed by atoms with van der Waals surface area (Å²) >= 11 is 0. The predicted molar refractivity (Wildman–Crippen MR) is 84.1 cm³/mol. The van der Waals surface area contributed by atoms with E-state index in [1.165, 1.54) is 11.8 Å². The van der Waals surface area contributed by atoms with E-state index in [0.717, 1.165) is 5.69 Å². The Bertz CT molecular complexity index is 244. The molecule has 2 heteroatoms. The number of benzene rings is 1. The molecule has 1 rings (SSSR count). The summed E-state index contributed by atoms with van der Waals surface area (Å²) in [5, 5.41) is 2.79. The van der Waals surface area contributed by atoms with Crippen LogP contribution in [-0.2, 0) is 0 Å². The van der Waals surface area contributed by atoms with Gasteiger partial charge >= 0.3 is 37.7 Å². The summed E-state index contributed by atoms with van der Waals surface area (Å²) in [5.41, 5.74) is 0.896. The van der Waals surface area contributed by atoms with Gasteiger partial charge in [0.1, 0.15) is 0 Å². The summed E-state index contributed by atoms with van der Waals surface area (Å²) in [5.74, 6) is 2.83. The molecule has 0 aliphatic heterocycles. The molecule has 0 aliphatic carbocycles. The van der Waals surface area contributed by atoms with Crippen LogP contribution in [0.3, 0.4) is 0 Å². The minimum absolute atomic E-state index is 0. The maximum absolute atomic E-state index is 3.40. The van der Waals surface area contributed by atoms with Crippen molar-refractivity contribution >= 4 is 43.4 Å². The fourth-order valence-corrected chi connectivity index (χ4v) is 0.566. The van der Waals surface area contributed by atoms with Gasteiger partial charge in [-0.15, -0.1) is 0 Å². The molecule has 0 bridgehead atoms. The Balaban J connectivity index is -0.000000214. The number of para-hydroxylation sites is 1. The van der Waals surface area contributed by atoms with Crippen LogP contribution in [0.4, 0.5) is 5.69 Å². The Morgan fingerprint density at radius 3 is 1.78 bits per heavy atom. The van der Waals surface area contributed by atoms with Gasteiger partial charge in [0.05, 0.1) is 0 Å². The molecular formula is C16H25CaN-2. The van der Waals surface area contributed by atoms with Crippen LogP contribution in [0.1, 0.15) is 41.5 Å². The van der Waals surface area contributed by atoms with E-state index >= 15 is 0 Å². The molecule has 0 amide bonds. The van der Waals surface area contributed by atoms with Crippen LogP contribution >= 0.6 is 0 Å². The Hall–Kier alpha value is 0.0197. The molecular weight excluding hydrogens is 246 g/mol. The Kier molecular flexibility index (Phi) is 21.9. The summed E-state index contributed by atoms with van der Waals surface area (Å²) in [6.07, 6.45) is 2.55. The molecule has 1 aromatic rings. The van der Waals surface area contributed by atoms with Gasteiger partial charge < -0.3 is 17.2 Å². The molecule has 0 aromatic heterocycles. The average Bonchev–Trinajstić information content (AvgIpc) is 2.18. The van der Waals surface area contributed by atoms with Crippen molar-refractivity contribution in [3.05, 3.63) is 54.9 Å². The quantitative estimate of drug-likeness (QED) is 0.467. The molecule has 1 N–H and O–H groups in total. The van der Waals surface area contributed by atoms with Crippen molar-refractivity contribution in [1.29, 1.82) is 0 Å². The first-order valence-electron chi connectivity index (χ1n) is 5.68. The average molecular weight is 271 g/mol. The third-order valence-corrected chi connectivity index (χ3v) is 0.932. The van der Waals surface area contributed by atoms with E-state index < -0.39 is 0 Å². The maximum atomic E-state index is 3.40. The Labute approximate surface area is 144 Å². The van der Waals surface area contributed by atoms with Crippen LogP contribution in [0.2, 0.25) is 0 Å². The van der Waals surface area contributed by atoms with Gasteiger partial charge in [0.25, 0.3) is 0 Å². The van der Waals surface area contributed by atoms with Gasteiger partial charge in [-0.05, 0) is 0 Å². The summed E-state index contributed by atoms with van der Waals surface area (Å²) in [7, 11) is 0. The number of nitrogens with one attached hydrogen (secondary N) is 1. The van der Waals surface area contributed by atoms with Gasteiger partial charge in [0.15, 0.2) is 0 Å². The first-order chi connectivity index (χ1) is 7.90. The summed E-state index contributed by atoms with van der Waals surface area (Å²) < 4.78 is 0. The van der Waals surface area contributed by atoms with Crippen LogP contribution in [-0.4, -0.2) is 37.7 Å². The van der Waals surface area contributed by atoms with Crippen LogP contribution in [0.25, 0.3) is 0 Å². The van der Waals surface area contributed by atoms with Crippen molar-refractivity contribution in [2.75, 3.05) is 5.32 Å². The molecule has 0 radical (unpaired) electrons. The Morgan fingerprint density at radius 1 is 1.06 bits per heavy atom. The van der Waals surface area contributed by atoms with E-state index in [4.69, 9.17) is 0 Å². The zero-order valence-electron chi connectivity index (χ0n) is 12.7. The molecule has 0 saturated carbocycles. The van der Waals surface area contributed by atoms with Gasteiger partial charge in [0, 0.05) is 0 Å². The predicted octanol–water partition coefficient (Wildman–Crippen LogP) is 4.71. The van der Waals surface area contributed by atoms with Gasteiger partial charge in [-0.25, -0.2) is 11.8 Å². The molecule has 0 atom stereocenters. The van der Waals surface area contributed by atoms with Crippen molar-refractivity contribution in [2.45, 2.75) is 41.5 Å². The zero-order chi connectivity index (χ0) is 13.7. The second kappa shape index (κ2) is 17.0. The van der Waals surface area contributed by atoms with E-state index in [2.05, 4.69) is 65.7 Å². The van der Waals surface area contributed by atoms with Gasteiger partial charge in [0.2, 0.25) is 0 Å². The molecule has 0 aliphatic rings.